The maximum absolute atomic E-state index is 4.61. The fraction of sp³-hybridized carbons (Fsp3) is 0.300. The summed E-state index contributed by atoms with van der Waals surface area (Å²) in [7, 11) is 0. The summed E-state index contributed by atoms with van der Waals surface area (Å²) in [5.41, 5.74) is 2.39. The molecule has 0 amide bonds. The van der Waals surface area contributed by atoms with E-state index in [0.717, 1.165) is 31.0 Å². The van der Waals surface area contributed by atoms with E-state index in [1.165, 1.54) is 9.09 Å². The fourth-order valence-electron chi connectivity index (χ4n) is 1.93. The highest BCUT2D eigenvalue weighted by atomic mass is 127. The molecule has 1 aromatic heterocycles. The minimum absolute atomic E-state index is 0.894. The Balaban J connectivity index is 2.31. The Bertz CT molecular complexity index is 489. The normalized spacial score (nSPS) is 15.8. The molecule has 3 nitrogen and oxygen atoms in total. The van der Waals surface area contributed by atoms with Crippen LogP contribution in [-0.2, 0) is 13.1 Å². The van der Waals surface area contributed by atoms with Crippen molar-refractivity contribution in [3.05, 3.63) is 27.6 Å². The van der Waals surface area contributed by atoms with Crippen LogP contribution in [0, 0.1) is 3.57 Å². The Morgan fingerprint density at radius 1 is 1.43 bits per heavy atom. The van der Waals surface area contributed by atoms with Gasteiger partial charge < -0.3 is 9.88 Å². The predicted molar refractivity (Wildman–Crippen MR) is 64.2 cm³/mol. The Kier molecular flexibility index (Phi) is 1.98. The number of halogens is 1. The first-order chi connectivity index (χ1) is 6.84. The number of hydrogen-bond donors (Lipinski definition) is 1. The first-order valence-electron chi connectivity index (χ1n) is 4.70. The van der Waals surface area contributed by atoms with E-state index in [9.17, 15) is 0 Å². The summed E-state index contributed by atoms with van der Waals surface area (Å²) >= 11 is 2.32. The lowest BCUT2D eigenvalue weighted by Gasteiger charge is -2.15. The van der Waals surface area contributed by atoms with E-state index in [2.05, 4.69) is 55.7 Å². The predicted octanol–water partition coefficient (Wildman–Crippen LogP) is 1.74. The summed E-state index contributed by atoms with van der Waals surface area (Å²) in [5.74, 6) is 1.16. The van der Waals surface area contributed by atoms with Crippen LogP contribution in [0.1, 0.15) is 5.82 Å². The zero-order valence-electron chi connectivity index (χ0n) is 7.63. The monoisotopic (exact) mass is 299 g/mol. The molecule has 3 rings (SSSR count). The maximum Gasteiger partial charge on any atom is 0.123 e. The molecular formula is C10H10IN3. The van der Waals surface area contributed by atoms with Crippen LogP contribution in [0.4, 0.5) is 0 Å². The van der Waals surface area contributed by atoms with Crippen molar-refractivity contribution in [2.24, 2.45) is 0 Å². The van der Waals surface area contributed by atoms with Gasteiger partial charge in [0.15, 0.2) is 0 Å². The molecule has 1 aliphatic heterocycles. The maximum atomic E-state index is 4.61. The first kappa shape index (κ1) is 8.67. The van der Waals surface area contributed by atoms with E-state index in [4.69, 9.17) is 0 Å². The Morgan fingerprint density at radius 3 is 3.29 bits per heavy atom. The quantitative estimate of drug-likeness (QED) is 0.751. The SMILES string of the molecule is Ic1ccc2c(c1)nc1n2CCNC1. The van der Waals surface area contributed by atoms with Crippen LogP contribution in [0.3, 0.4) is 0 Å². The molecule has 72 valence electrons. The second kappa shape index (κ2) is 3.20. The number of imidazole rings is 1. The van der Waals surface area contributed by atoms with Crippen molar-refractivity contribution >= 4 is 33.6 Å². The second-order valence-corrected chi connectivity index (χ2v) is 4.74. The van der Waals surface area contributed by atoms with Crippen LogP contribution >= 0.6 is 22.6 Å². The number of aromatic nitrogens is 2. The lowest BCUT2D eigenvalue weighted by atomic mass is 10.3. The minimum Gasteiger partial charge on any atom is -0.326 e. The molecule has 0 fully saturated rings. The highest BCUT2D eigenvalue weighted by molar-refractivity contribution is 14.1. The highest BCUT2D eigenvalue weighted by Crippen LogP contribution is 2.20. The third-order valence-corrected chi connectivity index (χ3v) is 3.26. The molecule has 2 aromatic rings. The van der Waals surface area contributed by atoms with E-state index in [1.807, 2.05) is 0 Å². The standard InChI is InChI=1S/C10H10IN3/c11-7-1-2-9-8(5-7)13-10-6-12-3-4-14(9)10/h1-2,5,12H,3-4,6H2. The van der Waals surface area contributed by atoms with E-state index in [-0.39, 0.29) is 0 Å². The van der Waals surface area contributed by atoms with Crippen LogP contribution in [-0.4, -0.2) is 16.1 Å². The van der Waals surface area contributed by atoms with E-state index in [1.54, 1.807) is 0 Å². The summed E-state index contributed by atoms with van der Waals surface area (Å²) < 4.78 is 3.56. The van der Waals surface area contributed by atoms with Gasteiger partial charge in [0, 0.05) is 16.7 Å². The molecule has 1 N–H and O–H groups in total. The lowest BCUT2D eigenvalue weighted by molar-refractivity contribution is 0.514. The van der Waals surface area contributed by atoms with E-state index < -0.39 is 0 Å². The Labute approximate surface area is 95.7 Å². The molecule has 0 spiro atoms. The van der Waals surface area contributed by atoms with Gasteiger partial charge in [-0.3, -0.25) is 0 Å². The first-order valence-corrected chi connectivity index (χ1v) is 5.78. The van der Waals surface area contributed by atoms with Gasteiger partial charge in [0.05, 0.1) is 17.6 Å². The zero-order chi connectivity index (χ0) is 9.54. The zero-order valence-corrected chi connectivity index (χ0v) is 9.78. The van der Waals surface area contributed by atoms with Crippen LogP contribution in [0.25, 0.3) is 11.0 Å². The topological polar surface area (TPSA) is 29.9 Å². The number of benzene rings is 1. The molecule has 1 aliphatic rings. The van der Waals surface area contributed by atoms with Crippen molar-refractivity contribution in [2.45, 2.75) is 13.1 Å². The van der Waals surface area contributed by atoms with Gasteiger partial charge in [-0.1, -0.05) is 0 Å². The largest absolute Gasteiger partial charge is 0.326 e. The lowest BCUT2D eigenvalue weighted by Crippen LogP contribution is -2.28. The summed E-state index contributed by atoms with van der Waals surface area (Å²) in [5, 5.41) is 3.33. The molecule has 2 heterocycles. The molecule has 1 aromatic carbocycles. The molecule has 0 saturated carbocycles. The van der Waals surface area contributed by atoms with Crippen molar-refractivity contribution in [2.75, 3.05) is 6.54 Å². The van der Waals surface area contributed by atoms with Gasteiger partial charge in [-0.2, -0.15) is 0 Å². The third kappa shape index (κ3) is 1.25. The molecular weight excluding hydrogens is 289 g/mol. The highest BCUT2D eigenvalue weighted by Gasteiger charge is 2.13. The number of fused-ring (bicyclic) bond motifs is 3. The summed E-state index contributed by atoms with van der Waals surface area (Å²) in [6.45, 7) is 2.97. The second-order valence-electron chi connectivity index (χ2n) is 3.49. The number of nitrogens with zero attached hydrogens (tertiary/aromatic N) is 2. The van der Waals surface area contributed by atoms with Gasteiger partial charge in [0.1, 0.15) is 5.82 Å². The number of hydrogen-bond acceptors (Lipinski definition) is 2. The molecule has 14 heavy (non-hydrogen) atoms. The molecule has 4 heteroatoms. The van der Waals surface area contributed by atoms with Gasteiger partial charge in [-0.25, -0.2) is 4.98 Å². The van der Waals surface area contributed by atoms with Crippen LogP contribution < -0.4 is 5.32 Å². The minimum atomic E-state index is 0.894. The van der Waals surface area contributed by atoms with Crippen LogP contribution in [0.2, 0.25) is 0 Å². The Hall–Kier alpha value is -0.620. The van der Waals surface area contributed by atoms with Gasteiger partial charge >= 0.3 is 0 Å². The number of nitrogens with one attached hydrogen (secondary N) is 1. The van der Waals surface area contributed by atoms with Gasteiger partial charge in [0.25, 0.3) is 0 Å². The molecule has 0 atom stereocenters. The average Bonchev–Trinajstić information content (AvgIpc) is 2.54. The van der Waals surface area contributed by atoms with Crippen molar-refractivity contribution in [1.82, 2.24) is 14.9 Å². The van der Waals surface area contributed by atoms with E-state index >= 15 is 0 Å². The third-order valence-electron chi connectivity index (χ3n) is 2.58. The van der Waals surface area contributed by atoms with Gasteiger partial charge in [-0.05, 0) is 40.8 Å². The average molecular weight is 299 g/mol. The van der Waals surface area contributed by atoms with Crippen molar-refractivity contribution in [3.63, 3.8) is 0 Å². The van der Waals surface area contributed by atoms with Crippen LogP contribution in [0.15, 0.2) is 18.2 Å². The Morgan fingerprint density at radius 2 is 2.36 bits per heavy atom. The molecule has 0 saturated heterocycles. The van der Waals surface area contributed by atoms with Crippen molar-refractivity contribution in [3.8, 4) is 0 Å². The molecule has 0 radical (unpaired) electrons. The molecule has 0 bridgehead atoms. The molecule has 0 unspecified atom stereocenters. The smallest absolute Gasteiger partial charge is 0.123 e. The van der Waals surface area contributed by atoms with Crippen molar-refractivity contribution in [1.29, 1.82) is 0 Å². The molecule has 0 aliphatic carbocycles. The van der Waals surface area contributed by atoms with Crippen LogP contribution in [0.5, 0.6) is 0 Å². The summed E-state index contributed by atoms with van der Waals surface area (Å²) in [6.07, 6.45) is 0. The number of rotatable bonds is 0. The summed E-state index contributed by atoms with van der Waals surface area (Å²) in [6, 6.07) is 6.44. The fourth-order valence-corrected chi connectivity index (χ4v) is 2.40. The summed E-state index contributed by atoms with van der Waals surface area (Å²) in [4.78, 5) is 4.61. The van der Waals surface area contributed by atoms with Gasteiger partial charge in [0.2, 0.25) is 0 Å². The van der Waals surface area contributed by atoms with Gasteiger partial charge in [-0.15, -0.1) is 0 Å². The van der Waals surface area contributed by atoms with E-state index in [0.29, 0.717) is 0 Å². The van der Waals surface area contributed by atoms with Crippen molar-refractivity contribution < 1.29 is 0 Å².